The van der Waals surface area contributed by atoms with Crippen LogP contribution in [0.2, 0.25) is 5.15 Å². The van der Waals surface area contributed by atoms with Crippen LogP contribution in [0.3, 0.4) is 0 Å². The molecule has 0 saturated carbocycles. The molecule has 1 heterocycles. The molecule has 0 aliphatic carbocycles. The molecule has 128 valence electrons. The monoisotopic (exact) mass is 359 g/mol. The standard InChI is InChI=1S/C17H14ClN3O4/c1-11(25-13-6-4-12(9-19)5-7-13)17(23)24-10-15(22)21-14-3-2-8-20-16(14)18/h2-8,11H,10H2,1H3,(H,21,22)/t11-/m0/s1. The number of rotatable bonds is 6. The number of carbonyl (C=O) groups is 2. The van der Waals surface area contributed by atoms with E-state index in [2.05, 4.69) is 10.3 Å². The molecule has 1 aromatic carbocycles. The first-order valence-corrected chi connectivity index (χ1v) is 7.61. The van der Waals surface area contributed by atoms with Gasteiger partial charge in [-0.05, 0) is 43.3 Å². The fraction of sp³-hybridized carbons (Fsp3) is 0.176. The summed E-state index contributed by atoms with van der Waals surface area (Å²) >= 11 is 5.82. The molecule has 0 aliphatic rings. The van der Waals surface area contributed by atoms with Crippen molar-refractivity contribution >= 4 is 29.2 Å². The molecule has 0 unspecified atom stereocenters. The number of nitrogens with zero attached hydrogens (tertiary/aromatic N) is 2. The number of esters is 1. The van der Waals surface area contributed by atoms with Crippen molar-refractivity contribution in [2.45, 2.75) is 13.0 Å². The first-order valence-electron chi connectivity index (χ1n) is 7.23. The van der Waals surface area contributed by atoms with E-state index in [0.717, 1.165) is 0 Å². The zero-order chi connectivity index (χ0) is 18.2. The number of anilines is 1. The van der Waals surface area contributed by atoms with Crippen LogP contribution in [0.15, 0.2) is 42.6 Å². The summed E-state index contributed by atoms with van der Waals surface area (Å²) in [6, 6.07) is 11.4. The SMILES string of the molecule is C[C@H](Oc1ccc(C#N)cc1)C(=O)OCC(=O)Nc1cccnc1Cl. The number of hydrogen-bond donors (Lipinski definition) is 1. The number of nitrogens with one attached hydrogen (secondary N) is 1. The van der Waals surface area contributed by atoms with Gasteiger partial charge in [0.15, 0.2) is 17.9 Å². The average molecular weight is 360 g/mol. The molecule has 0 fully saturated rings. The number of pyridine rings is 1. The van der Waals surface area contributed by atoms with Crippen molar-refractivity contribution in [3.63, 3.8) is 0 Å². The van der Waals surface area contributed by atoms with Crippen LogP contribution in [0.1, 0.15) is 12.5 Å². The van der Waals surface area contributed by atoms with Gasteiger partial charge in [0.25, 0.3) is 5.91 Å². The largest absolute Gasteiger partial charge is 0.479 e. The summed E-state index contributed by atoms with van der Waals surface area (Å²) in [4.78, 5) is 27.5. The lowest BCUT2D eigenvalue weighted by Gasteiger charge is -2.14. The van der Waals surface area contributed by atoms with Gasteiger partial charge < -0.3 is 14.8 Å². The molecular formula is C17H14ClN3O4. The Balaban J connectivity index is 1.81. The van der Waals surface area contributed by atoms with Crippen LogP contribution in [-0.4, -0.2) is 29.6 Å². The zero-order valence-electron chi connectivity index (χ0n) is 13.2. The van der Waals surface area contributed by atoms with Crippen molar-refractivity contribution in [2.24, 2.45) is 0 Å². The van der Waals surface area contributed by atoms with Crippen LogP contribution in [0, 0.1) is 11.3 Å². The van der Waals surface area contributed by atoms with Gasteiger partial charge in [0.2, 0.25) is 0 Å². The molecule has 2 aromatic rings. The molecule has 0 aliphatic heterocycles. The second-order valence-electron chi connectivity index (χ2n) is 4.89. The van der Waals surface area contributed by atoms with E-state index in [1.807, 2.05) is 6.07 Å². The van der Waals surface area contributed by atoms with E-state index in [1.54, 1.807) is 36.4 Å². The number of nitriles is 1. The first-order chi connectivity index (χ1) is 12.0. The van der Waals surface area contributed by atoms with Gasteiger partial charge in [-0.2, -0.15) is 5.26 Å². The van der Waals surface area contributed by atoms with Crippen molar-refractivity contribution in [3.05, 3.63) is 53.3 Å². The molecule has 1 atom stereocenters. The number of hydrogen-bond acceptors (Lipinski definition) is 6. The highest BCUT2D eigenvalue weighted by Crippen LogP contribution is 2.17. The summed E-state index contributed by atoms with van der Waals surface area (Å²) < 4.78 is 10.3. The van der Waals surface area contributed by atoms with Crippen LogP contribution in [0.5, 0.6) is 5.75 Å². The Morgan fingerprint density at radius 3 is 2.68 bits per heavy atom. The minimum Gasteiger partial charge on any atom is -0.479 e. The Kier molecular flexibility index (Phi) is 6.32. The van der Waals surface area contributed by atoms with Gasteiger partial charge in [-0.25, -0.2) is 9.78 Å². The smallest absolute Gasteiger partial charge is 0.347 e. The van der Waals surface area contributed by atoms with E-state index in [9.17, 15) is 9.59 Å². The topological polar surface area (TPSA) is 101 Å². The number of amides is 1. The highest BCUT2D eigenvalue weighted by Gasteiger charge is 2.18. The summed E-state index contributed by atoms with van der Waals surface area (Å²) in [6.07, 6.45) is 0.572. The molecule has 7 nitrogen and oxygen atoms in total. The van der Waals surface area contributed by atoms with Crippen molar-refractivity contribution in [2.75, 3.05) is 11.9 Å². The van der Waals surface area contributed by atoms with Crippen molar-refractivity contribution in [1.82, 2.24) is 4.98 Å². The summed E-state index contributed by atoms with van der Waals surface area (Å²) in [6.45, 7) is 1.02. The molecule has 1 amide bonds. The number of carbonyl (C=O) groups excluding carboxylic acids is 2. The molecule has 2 rings (SSSR count). The molecule has 8 heteroatoms. The zero-order valence-corrected chi connectivity index (χ0v) is 14.0. The summed E-state index contributed by atoms with van der Waals surface area (Å²) in [5.74, 6) is -0.833. The maximum atomic E-state index is 11.9. The fourth-order valence-electron chi connectivity index (χ4n) is 1.78. The molecule has 0 spiro atoms. The van der Waals surface area contributed by atoms with E-state index < -0.39 is 24.6 Å². The Hall–Kier alpha value is -3.11. The number of aromatic nitrogens is 1. The lowest BCUT2D eigenvalue weighted by atomic mass is 10.2. The maximum absolute atomic E-state index is 11.9. The number of halogens is 1. The lowest BCUT2D eigenvalue weighted by Crippen LogP contribution is -2.29. The van der Waals surface area contributed by atoms with E-state index in [0.29, 0.717) is 17.0 Å². The van der Waals surface area contributed by atoms with Gasteiger partial charge in [-0.1, -0.05) is 11.6 Å². The predicted octanol–water partition coefficient (Wildman–Crippen LogP) is 2.56. The molecule has 25 heavy (non-hydrogen) atoms. The summed E-state index contributed by atoms with van der Waals surface area (Å²) in [7, 11) is 0. The molecular weight excluding hydrogens is 346 g/mol. The Labute approximate surface area is 149 Å². The highest BCUT2D eigenvalue weighted by molar-refractivity contribution is 6.32. The van der Waals surface area contributed by atoms with E-state index in [1.165, 1.54) is 13.1 Å². The molecule has 0 radical (unpaired) electrons. The maximum Gasteiger partial charge on any atom is 0.347 e. The minimum absolute atomic E-state index is 0.139. The third-order valence-electron chi connectivity index (χ3n) is 3.01. The minimum atomic E-state index is -0.914. The van der Waals surface area contributed by atoms with Gasteiger partial charge >= 0.3 is 5.97 Å². The first kappa shape index (κ1) is 18.2. The molecule has 1 N–H and O–H groups in total. The van der Waals surface area contributed by atoms with Gasteiger partial charge in [0.05, 0.1) is 17.3 Å². The van der Waals surface area contributed by atoms with Crippen molar-refractivity contribution < 1.29 is 19.1 Å². The number of benzene rings is 1. The van der Waals surface area contributed by atoms with Gasteiger partial charge in [-0.3, -0.25) is 4.79 Å². The lowest BCUT2D eigenvalue weighted by molar-refractivity contribution is -0.153. The van der Waals surface area contributed by atoms with Crippen LogP contribution in [0.4, 0.5) is 5.69 Å². The molecule has 1 aromatic heterocycles. The Morgan fingerprint density at radius 2 is 2.04 bits per heavy atom. The third-order valence-corrected chi connectivity index (χ3v) is 3.31. The van der Waals surface area contributed by atoms with Crippen LogP contribution in [-0.2, 0) is 14.3 Å². The fourth-order valence-corrected chi connectivity index (χ4v) is 1.95. The van der Waals surface area contributed by atoms with Crippen molar-refractivity contribution in [3.8, 4) is 11.8 Å². The van der Waals surface area contributed by atoms with Crippen LogP contribution >= 0.6 is 11.6 Å². The van der Waals surface area contributed by atoms with E-state index in [4.69, 9.17) is 26.3 Å². The van der Waals surface area contributed by atoms with Gasteiger partial charge in [-0.15, -0.1) is 0 Å². The highest BCUT2D eigenvalue weighted by atomic mass is 35.5. The summed E-state index contributed by atoms with van der Waals surface area (Å²) in [5.41, 5.74) is 0.806. The average Bonchev–Trinajstić information content (AvgIpc) is 2.62. The third kappa shape index (κ3) is 5.48. The Bertz CT molecular complexity index is 802. The Morgan fingerprint density at radius 1 is 1.32 bits per heavy atom. The normalized spacial score (nSPS) is 11.1. The summed E-state index contributed by atoms with van der Waals surface area (Å²) in [5, 5.41) is 11.4. The quantitative estimate of drug-likeness (QED) is 0.628. The van der Waals surface area contributed by atoms with Crippen LogP contribution in [0.25, 0.3) is 0 Å². The van der Waals surface area contributed by atoms with Crippen molar-refractivity contribution in [1.29, 1.82) is 5.26 Å². The molecule has 0 bridgehead atoms. The second-order valence-corrected chi connectivity index (χ2v) is 5.25. The van der Waals surface area contributed by atoms with Gasteiger partial charge in [0.1, 0.15) is 5.75 Å². The van der Waals surface area contributed by atoms with Crippen LogP contribution < -0.4 is 10.1 Å². The second kappa shape index (κ2) is 8.66. The number of ether oxygens (including phenoxy) is 2. The van der Waals surface area contributed by atoms with Gasteiger partial charge in [0, 0.05) is 6.20 Å². The van der Waals surface area contributed by atoms with E-state index >= 15 is 0 Å². The predicted molar refractivity (Wildman–Crippen MR) is 90.1 cm³/mol. The molecule has 0 saturated heterocycles. The van der Waals surface area contributed by atoms with E-state index in [-0.39, 0.29) is 5.15 Å².